The van der Waals surface area contributed by atoms with Crippen LogP contribution in [0.15, 0.2) is 0 Å². The molecule has 88 valence electrons. The maximum atomic E-state index is 6.05. The fourth-order valence-electron chi connectivity index (χ4n) is 2.89. The molecule has 2 saturated heterocycles. The molecule has 0 aromatic rings. The van der Waals surface area contributed by atoms with E-state index in [2.05, 4.69) is 18.7 Å². The van der Waals surface area contributed by atoms with Crippen molar-refractivity contribution in [1.82, 2.24) is 4.90 Å². The average molecular weight is 212 g/mol. The topological polar surface area (TPSA) is 38.5 Å². The molecule has 2 heterocycles. The van der Waals surface area contributed by atoms with Crippen molar-refractivity contribution in [2.75, 3.05) is 32.8 Å². The van der Waals surface area contributed by atoms with Gasteiger partial charge < -0.3 is 15.4 Å². The first-order chi connectivity index (χ1) is 7.04. The maximum Gasteiger partial charge on any atom is 0.0498 e. The number of rotatable bonds is 3. The molecule has 0 amide bonds. The minimum absolute atomic E-state index is 0.0545. The van der Waals surface area contributed by atoms with Gasteiger partial charge in [-0.15, -0.1) is 0 Å². The van der Waals surface area contributed by atoms with Gasteiger partial charge in [0.1, 0.15) is 0 Å². The van der Waals surface area contributed by atoms with Gasteiger partial charge in [-0.3, -0.25) is 0 Å². The maximum absolute atomic E-state index is 6.05. The smallest absolute Gasteiger partial charge is 0.0498 e. The molecule has 2 atom stereocenters. The number of hydrogen-bond donors (Lipinski definition) is 1. The molecule has 2 aliphatic rings. The lowest BCUT2D eigenvalue weighted by Gasteiger charge is -2.26. The Hall–Kier alpha value is -0.120. The molecule has 0 aromatic carbocycles. The van der Waals surface area contributed by atoms with E-state index < -0.39 is 0 Å². The molecule has 0 saturated carbocycles. The van der Waals surface area contributed by atoms with Crippen LogP contribution in [0.4, 0.5) is 0 Å². The third-order valence-corrected chi connectivity index (χ3v) is 3.57. The van der Waals surface area contributed by atoms with Crippen LogP contribution in [-0.4, -0.2) is 43.3 Å². The van der Waals surface area contributed by atoms with Crippen LogP contribution in [-0.2, 0) is 4.74 Å². The van der Waals surface area contributed by atoms with E-state index in [1.165, 1.54) is 25.9 Å². The van der Waals surface area contributed by atoms with Gasteiger partial charge in [0, 0.05) is 31.8 Å². The molecule has 0 radical (unpaired) electrons. The number of likely N-dealkylation sites (tertiary alicyclic amines) is 1. The molecule has 2 unspecified atom stereocenters. The van der Waals surface area contributed by atoms with Crippen LogP contribution < -0.4 is 5.73 Å². The van der Waals surface area contributed by atoms with Gasteiger partial charge in [-0.2, -0.15) is 0 Å². The first-order valence-corrected chi connectivity index (χ1v) is 6.13. The van der Waals surface area contributed by atoms with E-state index in [4.69, 9.17) is 10.5 Å². The summed E-state index contributed by atoms with van der Waals surface area (Å²) in [6.45, 7) is 9.67. The molecule has 3 heteroatoms. The lowest BCUT2D eigenvalue weighted by atomic mass is 9.91. The highest BCUT2D eigenvalue weighted by Crippen LogP contribution is 2.30. The third-order valence-electron chi connectivity index (χ3n) is 3.57. The molecular weight excluding hydrogens is 188 g/mol. The minimum Gasteiger partial charge on any atom is -0.381 e. The fraction of sp³-hybridized carbons (Fsp3) is 1.00. The Balaban J connectivity index is 1.79. The van der Waals surface area contributed by atoms with Crippen LogP contribution >= 0.6 is 0 Å². The first-order valence-electron chi connectivity index (χ1n) is 6.13. The molecule has 3 nitrogen and oxygen atoms in total. The number of hydrogen-bond acceptors (Lipinski definition) is 3. The number of ether oxygens (including phenoxy) is 1. The van der Waals surface area contributed by atoms with E-state index in [1.807, 2.05) is 0 Å². The molecule has 15 heavy (non-hydrogen) atoms. The van der Waals surface area contributed by atoms with Gasteiger partial charge in [0.25, 0.3) is 0 Å². The summed E-state index contributed by atoms with van der Waals surface area (Å²) in [6, 6.07) is 0. The molecule has 0 aliphatic carbocycles. The van der Waals surface area contributed by atoms with Crippen molar-refractivity contribution >= 4 is 0 Å². The largest absolute Gasteiger partial charge is 0.381 e. The van der Waals surface area contributed by atoms with E-state index in [0.29, 0.717) is 0 Å². The highest BCUT2D eigenvalue weighted by atomic mass is 16.5. The lowest BCUT2D eigenvalue weighted by Crippen LogP contribution is -2.44. The summed E-state index contributed by atoms with van der Waals surface area (Å²) in [7, 11) is 0. The Morgan fingerprint density at radius 1 is 1.33 bits per heavy atom. The van der Waals surface area contributed by atoms with Crippen molar-refractivity contribution in [2.24, 2.45) is 17.6 Å². The van der Waals surface area contributed by atoms with Crippen molar-refractivity contribution in [3.05, 3.63) is 0 Å². The van der Waals surface area contributed by atoms with Gasteiger partial charge >= 0.3 is 0 Å². The summed E-state index contributed by atoms with van der Waals surface area (Å²) in [6.07, 6.45) is 2.61. The van der Waals surface area contributed by atoms with Crippen LogP contribution in [0.5, 0.6) is 0 Å². The monoisotopic (exact) mass is 212 g/mol. The summed E-state index contributed by atoms with van der Waals surface area (Å²) >= 11 is 0. The predicted octanol–water partition coefficient (Wildman–Crippen LogP) is 1.08. The van der Waals surface area contributed by atoms with Gasteiger partial charge in [0.2, 0.25) is 0 Å². The molecule has 2 rings (SSSR count). The zero-order valence-electron chi connectivity index (χ0n) is 10.0. The summed E-state index contributed by atoms with van der Waals surface area (Å²) in [5.41, 5.74) is 5.99. The van der Waals surface area contributed by atoms with Crippen molar-refractivity contribution in [3.8, 4) is 0 Å². The summed E-state index contributed by atoms with van der Waals surface area (Å²) in [4.78, 5) is 2.52. The summed E-state index contributed by atoms with van der Waals surface area (Å²) in [5.74, 6) is 1.67. The van der Waals surface area contributed by atoms with Crippen molar-refractivity contribution in [3.63, 3.8) is 0 Å². The first kappa shape index (κ1) is 11.4. The van der Waals surface area contributed by atoms with Gasteiger partial charge in [-0.25, -0.2) is 0 Å². The molecule has 0 spiro atoms. The van der Waals surface area contributed by atoms with Crippen molar-refractivity contribution in [1.29, 1.82) is 0 Å². The Bertz CT molecular complexity index is 206. The number of nitrogens with two attached hydrogens (primary N) is 1. The quantitative estimate of drug-likeness (QED) is 0.761. The average Bonchev–Trinajstić information content (AvgIpc) is 2.68. The zero-order chi connectivity index (χ0) is 10.9. The highest BCUT2D eigenvalue weighted by Gasteiger charge is 2.32. The lowest BCUT2D eigenvalue weighted by molar-refractivity contribution is 0.170. The van der Waals surface area contributed by atoms with E-state index in [9.17, 15) is 0 Å². The number of nitrogens with zero attached hydrogens (tertiary/aromatic N) is 1. The van der Waals surface area contributed by atoms with Gasteiger partial charge in [-0.05, 0) is 45.1 Å². The standard InChI is InChI=1S/C12H24N2O/c1-12(2,13)9-14-5-3-10(7-14)11-4-6-15-8-11/h10-11H,3-9,13H2,1-2H3. The molecule has 0 aromatic heterocycles. The van der Waals surface area contributed by atoms with Crippen LogP contribution in [0.1, 0.15) is 26.7 Å². The summed E-state index contributed by atoms with van der Waals surface area (Å²) < 4.78 is 5.46. The summed E-state index contributed by atoms with van der Waals surface area (Å²) in [5, 5.41) is 0. The van der Waals surface area contributed by atoms with E-state index in [0.717, 1.165) is 31.6 Å². The highest BCUT2D eigenvalue weighted by molar-refractivity contribution is 4.86. The Kier molecular flexibility index (Phi) is 3.33. The molecule has 2 N–H and O–H groups in total. The van der Waals surface area contributed by atoms with Gasteiger partial charge in [-0.1, -0.05) is 0 Å². The molecule has 0 bridgehead atoms. The van der Waals surface area contributed by atoms with E-state index >= 15 is 0 Å². The Morgan fingerprint density at radius 2 is 2.13 bits per heavy atom. The predicted molar refractivity (Wildman–Crippen MR) is 61.7 cm³/mol. The van der Waals surface area contributed by atoms with E-state index in [1.54, 1.807) is 0 Å². The third kappa shape index (κ3) is 3.16. The second-order valence-electron chi connectivity index (χ2n) is 5.90. The zero-order valence-corrected chi connectivity index (χ0v) is 10.0. The molecule has 2 fully saturated rings. The van der Waals surface area contributed by atoms with Gasteiger partial charge in [0.05, 0.1) is 0 Å². The fourth-order valence-corrected chi connectivity index (χ4v) is 2.89. The molecule has 2 aliphatic heterocycles. The van der Waals surface area contributed by atoms with Crippen LogP contribution in [0.2, 0.25) is 0 Å². The van der Waals surface area contributed by atoms with Gasteiger partial charge in [0.15, 0.2) is 0 Å². The second-order valence-corrected chi connectivity index (χ2v) is 5.90. The van der Waals surface area contributed by atoms with Crippen LogP contribution in [0.25, 0.3) is 0 Å². The van der Waals surface area contributed by atoms with Crippen molar-refractivity contribution in [2.45, 2.75) is 32.2 Å². The van der Waals surface area contributed by atoms with Crippen LogP contribution in [0.3, 0.4) is 0 Å². The Labute approximate surface area is 93.0 Å². The SMILES string of the molecule is CC(C)(N)CN1CCC(C2CCOC2)C1. The second kappa shape index (κ2) is 4.40. The van der Waals surface area contributed by atoms with E-state index in [-0.39, 0.29) is 5.54 Å². The van der Waals surface area contributed by atoms with Crippen molar-refractivity contribution < 1.29 is 4.74 Å². The normalized spacial score (nSPS) is 33.8. The minimum atomic E-state index is -0.0545. The van der Waals surface area contributed by atoms with Crippen LogP contribution in [0, 0.1) is 11.8 Å². The molecular formula is C12H24N2O. The Morgan fingerprint density at radius 3 is 2.73 bits per heavy atom.